The molecular weight excluding hydrogens is 264 g/mol. The second-order valence-corrected chi connectivity index (χ2v) is 12.9. The maximum Gasteiger partial charge on any atom is 0.191 e. The van der Waals surface area contributed by atoms with Crippen LogP contribution in [0.1, 0.15) is 48.0 Å². The molecule has 0 saturated heterocycles. The Hall–Kier alpha value is -0.353. The molecule has 20 heavy (non-hydrogen) atoms. The molecule has 1 aliphatic rings. The van der Waals surface area contributed by atoms with Gasteiger partial charge in [0.15, 0.2) is 8.32 Å². The molecule has 0 aliphatic heterocycles. The van der Waals surface area contributed by atoms with Gasteiger partial charge in [0.25, 0.3) is 0 Å². The topological polar surface area (TPSA) is 47.6 Å². The Labute approximate surface area is 126 Å². The highest BCUT2D eigenvalue weighted by atomic mass is 28.4. The highest BCUT2D eigenvalue weighted by molar-refractivity contribution is 6.74. The third-order valence-electron chi connectivity index (χ3n) is 5.56. The van der Waals surface area contributed by atoms with Crippen molar-refractivity contribution in [2.45, 2.75) is 72.1 Å². The van der Waals surface area contributed by atoms with Crippen molar-refractivity contribution < 1.29 is 4.43 Å². The van der Waals surface area contributed by atoms with E-state index in [0.29, 0.717) is 29.6 Å². The van der Waals surface area contributed by atoms with Gasteiger partial charge in [0.05, 0.1) is 11.9 Å². The monoisotopic (exact) mass is 298 g/mol. The zero-order valence-corrected chi connectivity index (χ0v) is 15.7. The van der Waals surface area contributed by atoms with E-state index in [9.17, 15) is 0 Å². The molecule has 0 radical (unpaired) electrons. The fourth-order valence-corrected chi connectivity index (χ4v) is 3.77. The van der Waals surface area contributed by atoms with E-state index in [0.717, 1.165) is 13.0 Å². The summed E-state index contributed by atoms with van der Waals surface area (Å²) in [6.07, 6.45) is 1.12. The second kappa shape index (κ2) is 6.18. The van der Waals surface area contributed by atoms with Crippen molar-refractivity contribution >= 4 is 14.2 Å². The molecule has 1 saturated carbocycles. The summed E-state index contributed by atoms with van der Waals surface area (Å²) in [5.74, 6) is 2.58. The second-order valence-electron chi connectivity index (χ2n) is 8.12. The molecular formula is C16H34N2OSi. The maximum atomic E-state index is 6.41. The van der Waals surface area contributed by atoms with Crippen LogP contribution in [0.5, 0.6) is 0 Å². The first-order valence-corrected chi connectivity index (χ1v) is 10.8. The van der Waals surface area contributed by atoms with Crippen LogP contribution in [0.25, 0.3) is 0 Å². The lowest BCUT2D eigenvalue weighted by Gasteiger charge is -2.37. The molecule has 0 spiro atoms. The predicted octanol–water partition coefficient (Wildman–Crippen LogP) is 4.05. The molecule has 0 bridgehead atoms. The van der Waals surface area contributed by atoms with Crippen LogP contribution in [0.4, 0.5) is 0 Å². The summed E-state index contributed by atoms with van der Waals surface area (Å²) in [5, 5.41) is 0.284. The predicted molar refractivity (Wildman–Crippen MR) is 90.7 cm³/mol. The lowest BCUT2D eigenvalue weighted by atomic mass is 9.93. The van der Waals surface area contributed by atoms with E-state index in [2.05, 4.69) is 52.7 Å². The minimum Gasteiger partial charge on any atom is -0.417 e. The van der Waals surface area contributed by atoms with Gasteiger partial charge in [-0.25, -0.2) is 0 Å². The van der Waals surface area contributed by atoms with Crippen molar-refractivity contribution in [3.63, 3.8) is 0 Å². The Morgan fingerprint density at radius 1 is 1.25 bits per heavy atom. The summed E-state index contributed by atoms with van der Waals surface area (Å²) in [4.78, 5) is 4.60. The van der Waals surface area contributed by atoms with Gasteiger partial charge in [0.1, 0.15) is 0 Å². The molecule has 4 heteroatoms. The molecule has 0 amide bonds. The van der Waals surface area contributed by atoms with Gasteiger partial charge in [-0.1, -0.05) is 34.6 Å². The number of nitrogens with two attached hydrogens (primary N) is 1. The minimum absolute atomic E-state index is 0.284. The van der Waals surface area contributed by atoms with Gasteiger partial charge in [0.2, 0.25) is 0 Å². The molecule has 0 aromatic carbocycles. The SMILES string of the molecule is CC(N)=NC1C[C@@H](CO[Si](C)(C)C(C)(C)C)[C@H](C)C1C. The number of rotatable bonds is 4. The van der Waals surface area contributed by atoms with E-state index >= 15 is 0 Å². The zero-order valence-electron chi connectivity index (χ0n) is 14.7. The summed E-state index contributed by atoms with van der Waals surface area (Å²) in [6.45, 7) is 19.0. The van der Waals surface area contributed by atoms with Crippen molar-refractivity contribution in [3.05, 3.63) is 0 Å². The summed E-state index contributed by atoms with van der Waals surface area (Å²) in [7, 11) is -1.64. The van der Waals surface area contributed by atoms with Crippen molar-refractivity contribution in [2.24, 2.45) is 28.5 Å². The minimum atomic E-state index is -1.64. The molecule has 118 valence electrons. The zero-order chi connectivity index (χ0) is 15.7. The van der Waals surface area contributed by atoms with E-state index in [4.69, 9.17) is 10.2 Å². The first kappa shape index (κ1) is 17.7. The Kier molecular flexibility index (Phi) is 5.47. The number of hydrogen-bond acceptors (Lipinski definition) is 2. The fourth-order valence-electron chi connectivity index (χ4n) is 2.70. The molecule has 3 nitrogen and oxygen atoms in total. The molecule has 0 aromatic heterocycles. The van der Waals surface area contributed by atoms with Crippen LogP contribution < -0.4 is 5.73 Å². The van der Waals surface area contributed by atoms with Crippen LogP contribution in [0.3, 0.4) is 0 Å². The first-order valence-electron chi connectivity index (χ1n) is 7.89. The summed E-state index contributed by atoms with van der Waals surface area (Å²) >= 11 is 0. The van der Waals surface area contributed by atoms with E-state index in [1.54, 1.807) is 0 Å². The standard InChI is InChI=1S/C16H34N2OSi/c1-11-12(2)15(18-13(3)17)9-14(11)10-19-20(7,8)16(4,5)6/h11-12,14-15H,9-10H2,1-8H3,(H2,17,18)/t11-,12?,14+,15?/m1/s1. The summed E-state index contributed by atoms with van der Waals surface area (Å²) in [5.41, 5.74) is 5.75. The lowest BCUT2D eigenvalue weighted by Crippen LogP contribution is -2.42. The molecule has 1 fully saturated rings. The Balaban J connectivity index is 2.64. The molecule has 1 aliphatic carbocycles. The van der Waals surface area contributed by atoms with Crippen LogP contribution in [-0.2, 0) is 4.43 Å². The lowest BCUT2D eigenvalue weighted by molar-refractivity contribution is 0.194. The maximum absolute atomic E-state index is 6.41. The third-order valence-corrected chi connectivity index (χ3v) is 10.1. The van der Waals surface area contributed by atoms with Gasteiger partial charge < -0.3 is 10.2 Å². The molecule has 0 aromatic rings. The first-order chi connectivity index (χ1) is 8.95. The largest absolute Gasteiger partial charge is 0.417 e. The average Bonchev–Trinajstić information content (AvgIpc) is 2.52. The molecule has 2 N–H and O–H groups in total. The number of nitrogens with zero attached hydrogens (tertiary/aromatic N) is 1. The average molecular weight is 299 g/mol. The van der Waals surface area contributed by atoms with E-state index in [1.807, 2.05) is 6.92 Å². The van der Waals surface area contributed by atoms with Crippen molar-refractivity contribution in [2.75, 3.05) is 6.61 Å². The van der Waals surface area contributed by atoms with Crippen LogP contribution in [0.15, 0.2) is 4.99 Å². The number of hydrogen-bond donors (Lipinski definition) is 1. The normalized spacial score (nSPS) is 32.7. The molecule has 0 heterocycles. The van der Waals surface area contributed by atoms with Gasteiger partial charge in [-0.2, -0.15) is 0 Å². The number of amidine groups is 1. The Morgan fingerprint density at radius 2 is 1.80 bits per heavy atom. The smallest absolute Gasteiger partial charge is 0.191 e. The Bertz CT molecular complexity index is 356. The van der Waals surface area contributed by atoms with E-state index < -0.39 is 8.32 Å². The van der Waals surface area contributed by atoms with Gasteiger partial charge in [-0.15, -0.1) is 0 Å². The summed E-state index contributed by atoms with van der Waals surface area (Å²) < 4.78 is 6.41. The van der Waals surface area contributed by atoms with Gasteiger partial charge in [-0.05, 0) is 49.2 Å². The van der Waals surface area contributed by atoms with Gasteiger partial charge in [0, 0.05) is 6.61 Å². The van der Waals surface area contributed by atoms with Crippen molar-refractivity contribution in [1.29, 1.82) is 0 Å². The highest BCUT2D eigenvalue weighted by Crippen LogP contribution is 2.41. The third kappa shape index (κ3) is 4.07. The van der Waals surface area contributed by atoms with Crippen molar-refractivity contribution in [1.82, 2.24) is 0 Å². The van der Waals surface area contributed by atoms with E-state index in [-0.39, 0.29) is 5.04 Å². The van der Waals surface area contributed by atoms with E-state index in [1.165, 1.54) is 0 Å². The van der Waals surface area contributed by atoms with Crippen LogP contribution >= 0.6 is 0 Å². The molecule has 4 atom stereocenters. The quantitative estimate of drug-likeness (QED) is 0.483. The van der Waals surface area contributed by atoms with Gasteiger partial charge >= 0.3 is 0 Å². The fraction of sp³-hybridized carbons (Fsp3) is 0.938. The Morgan fingerprint density at radius 3 is 2.25 bits per heavy atom. The van der Waals surface area contributed by atoms with Crippen LogP contribution in [-0.4, -0.2) is 26.8 Å². The highest BCUT2D eigenvalue weighted by Gasteiger charge is 2.41. The van der Waals surface area contributed by atoms with Gasteiger partial charge in [-0.3, -0.25) is 4.99 Å². The molecule has 1 rings (SSSR count). The number of aliphatic imine (C=N–C) groups is 1. The van der Waals surface area contributed by atoms with Crippen molar-refractivity contribution in [3.8, 4) is 0 Å². The van der Waals surface area contributed by atoms with Crippen LogP contribution in [0.2, 0.25) is 18.1 Å². The molecule has 2 unspecified atom stereocenters. The summed E-state index contributed by atoms with van der Waals surface area (Å²) in [6, 6.07) is 0.378. The van der Waals surface area contributed by atoms with Crippen LogP contribution in [0, 0.1) is 17.8 Å².